The molecule has 0 saturated carbocycles. The molecule has 3 rings (SSSR count). The van der Waals surface area contributed by atoms with Gasteiger partial charge in [0.2, 0.25) is 0 Å². The third-order valence-corrected chi connectivity index (χ3v) is 4.59. The van der Waals surface area contributed by atoms with Crippen LogP contribution in [0.1, 0.15) is 21.5 Å². The number of hydrazone groups is 1. The molecule has 0 aromatic heterocycles. The zero-order chi connectivity index (χ0) is 22.8. The largest absolute Gasteiger partial charge is 0.497 e. The number of nitrogens with one attached hydrogen (secondary N) is 2. The van der Waals surface area contributed by atoms with Gasteiger partial charge in [-0.15, -0.1) is 0 Å². The summed E-state index contributed by atoms with van der Waals surface area (Å²) in [7, 11) is 1.55. The van der Waals surface area contributed by atoms with E-state index in [4.69, 9.17) is 21.1 Å². The highest BCUT2D eigenvalue weighted by Crippen LogP contribution is 2.16. The molecule has 0 spiro atoms. The summed E-state index contributed by atoms with van der Waals surface area (Å²) in [6, 6.07) is 21.3. The van der Waals surface area contributed by atoms with Crippen molar-refractivity contribution >= 4 is 29.6 Å². The Balaban J connectivity index is 1.44. The van der Waals surface area contributed by atoms with Crippen LogP contribution in [0.2, 0.25) is 5.02 Å². The van der Waals surface area contributed by atoms with Crippen LogP contribution >= 0.6 is 11.6 Å². The van der Waals surface area contributed by atoms with E-state index in [1.165, 1.54) is 6.21 Å². The van der Waals surface area contributed by atoms with Gasteiger partial charge >= 0.3 is 0 Å². The van der Waals surface area contributed by atoms with Crippen molar-refractivity contribution in [2.45, 2.75) is 6.61 Å². The van der Waals surface area contributed by atoms with Crippen LogP contribution in [0.3, 0.4) is 0 Å². The maximum absolute atomic E-state index is 12.1. The van der Waals surface area contributed by atoms with Gasteiger partial charge in [-0.05, 0) is 59.7 Å². The fourth-order valence-corrected chi connectivity index (χ4v) is 2.78. The van der Waals surface area contributed by atoms with E-state index in [-0.39, 0.29) is 12.5 Å². The van der Waals surface area contributed by atoms with Crippen molar-refractivity contribution in [3.05, 3.63) is 94.5 Å². The summed E-state index contributed by atoms with van der Waals surface area (Å²) in [5.41, 5.74) is 4.56. The van der Waals surface area contributed by atoms with Gasteiger partial charge in [0.15, 0.2) is 0 Å². The molecule has 3 aromatic carbocycles. The Morgan fingerprint density at radius 3 is 2.47 bits per heavy atom. The fourth-order valence-electron chi connectivity index (χ4n) is 2.66. The minimum atomic E-state index is -0.446. The van der Waals surface area contributed by atoms with E-state index < -0.39 is 5.91 Å². The van der Waals surface area contributed by atoms with Crippen LogP contribution in [0.4, 0.5) is 0 Å². The molecule has 2 amide bonds. The molecule has 0 aliphatic heterocycles. The number of benzene rings is 3. The van der Waals surface area contributed by atoms with Gasteiger partial charge in [0.05, 0.1) is 19.9 Å². The molecular weight excluding hydrogens is 430 g/mol. The number of hydrogen-bond donors (Lipinski definition) is 2. The van der Waals surface area contributed by atoms with E-state index in [1.54, 1.807) is 37.4 Å². The first kappa shape index (κ1) is 22.8. The Morgan fingerprint density at radius 1 is 1.00 bits per heavy atom. The molecule has 0 bridgehead atoms. The number of rotatable bonds is 9. The Morgan fingerprint density at radius 2 is 1.75 bits per heavy atom. The first-order valence-corrected chi connectivity index (χ1v) is 10.1. The number of carbonyl (C=O) groups excluding carboxylic acids is 2. The van der Waals surface area contributed by atoms with Crippen LogP contribution in [0.25, 0.3) is 0 Å². The van der Waals surface area contributed by atoms with Gasteiger partial charge in [-0.25, -0.2) is 5.43 Å². The Kier molecular flexibility index (Phi) is 8.22. The number of carbonyl (C=O) groups is 2. The lowest BCUT2D eigenvalue weighted by Gasteiger charge is -2.07. The first-order valence-electron chi connectivity index (χ1n) is 9.75. The van der Waals surface area contributed by atoms with E-state index in [9.17, 15) is 9.59 Å². The summed E-state index contributed by atoms with van der Waals surface area (Å²) in [5, 5.41) is 7.13. The van der Waals surface area contributed by atoms with Gasteiger partial charge in [-0.3, -0.25) is 9.59 Å². The summed E-state index contributed by atoms with van der Waals surface area (Å²) in [6.45, 7) is 0.203. The quantitative estimate of drug-likeness (QED) is 0.382. The average molecular weight is 452 g/mol. The van der Waals surface area contributed by atoms with E-state index in [0.717, 1.165) is 11.1 Å². The predicted octanol–water partition coefficient (Wildman–Crippen LogP) is 3.81. The maximum Gasteiger partial charge on any atom is 0.259 e. The van der Waals surface area contributed by atoms with Crippen LogP contribution in [0, 0.1) is 0 Å². The SMILES string of the molecule is COc1ccc(C(=O)NCC(=O)N/N=C/c2cccc(OCc3ccc(Cl)cc3)c2)cc1. The summed E-state index contributed by atoms with van der Waals surface area (Å²) >= 11 is 5.88. The van der Waals surface area contributed by atoms with Crippen molar-refractivity contribution in [2.24, 2.45) is 5.10 Å². The van der Waals surface area contributed by atoms with E-state index >= 15 is 0 Å². The van der Waals surface area contributed by atoms with Gasteiger partial charge in [-0.2, -0.15) is 5.10 Å². The maximum atomic E-state index is 12.1. The molecule has 0 heterocycles. The smallest absolute Gasteiger partial charge is 0.259 e. The molecule has 0 atom stereocenters. The van der Waals surface area contributed by atoms with Crippen molar-refractivity contribution < 1.29 is 19.1 Å². The Labute approximate surface area is 191 Å². The lowest BCUT2D eigenvalue weighted by atomic mass is 10.2. The van der Waals surface area contributed by atoms with Crippen LogP contribution in [-0.2, 0) is 11.4 Å². The normalized spacial score (nSPS) is 10.6. The molecule has 32 heavy (non-hydrogen) atoms. The van der Waals surface area contributed by atoms with Gasteiger partial charge in [0, 0.05) is 10.6 Å². The summed E-state index contributed by atoms with van der Waals surface area (Å²) in [4.78, 5) is 24.0. The monoisotopic (exact) mass is 451 g/mol. The lowest BCUT2D eigenvalue weighted by molar-refractivity contribution is -0.120. The van der Waals surface area contributed by atoms with Gasteiger partial charge in [-0.1, -0.05) is 35.9 Å². The second kappa shape index (κ2) is 11.5. The third kappa shape index (κ3) is 7.14. The molecule has 0 aliphatic carbocycles. The molecule has 0 aliphatic rings. The number of hydrogen-bond acceptors (Lipinski definition) is 5. The number of methoxy groups -OCH3 is 1. The predicted molar refractivity (Wildman–Crippen MR) is 123 cm³/mol. The van der Waals surface area contributed by atoms with Gasteiger partial charge < -0.3 is 14.8 Å². The molecule has 164 valence electrons. The van der Waals surface area contributed by atoms with Crippen LogP contribution < -0.4 is 20.2 Å². The topological polar surface area (TPSA) is 89.0 Å². The molecule has 0 fully saturated rings. The zero-order valence-electron chi connectivity index (χ0n) is 17.4. The van der Waals surface area contributed by atoms with Crippen molar-refractivity contribution in [1.29, 1.82) is 0 Å². The Hall–Kier alpha value is -3.84. The molecular formula is C24H22ClN3O4. The minimum Gasteiger partial charge on any atom is -0.497 e. The summed E-state index contributed by atoms with van der Waals surface area (Å²) < 4.78 is 10.8. The minimum absolute atomic E-state index is 0.202. The van der Waals surface area contributed by atoms with Crippen LogP contribution in [0.15, 0.2) is 77.9 Å². The Bertz CT molecular complexity index is 1080. The van der Waals surface area contributed by atoms with Gasteiger partial charge in [0.1, 0.15) is 18.1 Å². The van der Waals surface area contributed by atoms with Crippen LogP contribution in [-0.4, -0.2) is 31.7 Å². The third-order valence-electron chi connectivity index (χ3n) is 4.34. The molecule has 3 aromatic rings. The standard InChI is InChI=1S/C24H22ClN3O4/c1-31-21-11-7-19(8-12-21)24(30)26-15-23(29)28-27-14-18-3-2-4-22(13-18)32-16-17-5-9-20(25)10-6-17/h2-14H,15-16H2,1H3,(H,26,30)(H,28,29)/b27-14+. The zero-order valence-corrected chi connectivity index (χ0v) is 18.1. The molecule has 0 unspecified atom stereocenters. The lowest BCUT2D eigenvalue weighted by Crippen LogP contribution is -2.34. The van der Waals surface area contributed by atoms with E-state index in [0.29, 0.717) is 28.7 Å². The average Bonchev–Trinajstić information content (AvgIpc) is 2.82. The van der Waals surface area contributed by atoms with Crippen molar-refractivity contribution in [3.63, 3.8) is 0 Å². The molecule has 0 saturated heterocycles. The van der Waals surface area contributed by atoms with Gasteiger partial charge in [0.25, 0.3) is 11.8 Å². The number of amides is 2. The highest BCUT2D eigenvalue weighted by Gasteiger charge is 2.07. The molecule has 7 nitrogen and oxygen atoms in total. The number of nitrogens with zero attached hydrogens (tertiary/aromatic N) is 1. The van der Waals surface area contributed by atoms with Crippen molar-refractivity contribution in [2.75, 3.05) is 13.7 Å². The second-order valence-electron chi connectivity index (χ2n) is 6.69. The summed E-state index contributed by atoms with van der Waals surface area (Å²) in [6.07, 6.45) is 1.50. The van der Waals surface area contributed by atoms with E-state index in [1.807, 2.05) is 42.5 Å². The second-order valence-corrected chi connectivity index (χ2v) is 7.13. The number of halogens is 1. The fraction of sp³-hybridized carbons (Fsp3) is 0.125. The molecule has 2 N–H and O–H groups in total. The summed E-state index contributed by atoms with van der Waals surface area (Å²) in [5.74, 6) is 0.505. The van der Waals surface area contributed by atoms with Crippen LogP contribution in [0.5, 0.6) is 11.5 Å². The molecule has 8 heteroatoms. The van der Waals surface area contributed by atoms with E-state index in [2.05, 4.69) is 15.8 Å². The molecule has 0 radical (unpaired) electrons. The number of ether oxygens (including phenoxy) is 2. The van der Waals surface area contributed by atoms with Crippen molar-refractivity contribution in [3.8, 4) is 11.5 Å². The first-order chi connectivity index (χ1) is 15.5. The highest BCUT2D eigenvalue weighted by molar-refractivity contribution is 6.30. The highest BCUT2D eigenvalue weighted by atomic mass is 35.5. The van der Waals surface area contributed by atoms with Crippen molar-refractivity contribution in [1.82, 2.24) is 10.7 Å².